The average molecular weight is 283 g/mol. The van der Waals surface area contributed by atoms with E-state index in [0.29, 0.717) is 6.61 Å². The number of hydrogen-bond donors (Lipinski definition) is 0. The lowest BCUT2D eigenvalue weighted by Crippen LogP contribution is -2.31. The number of ether oxygens (including phenoxy) is 1. The van der Waals surface area contributed by atoms with Crippen LogP contribution < -0.4 is 0 Å². The minimum Gasteiger partial charge on any atom is -0.373 e. The summed E-state index contributed by atoms with van der Waals surface area (Å²) < 4.78 is 5.98. The normalized spacial score (nSPS) is 25.8. The second kappa shape index (κ2) is 8.64. The van der Waals surface area contributed by atoms with Crippen LogP contribution in [0.3, 0.4) is 0 Å². The van der Waals surface area contributed by atoms with Gasteiger partial charge in [0, 0.05) is 0 Å². The molecule has 3 atom stereocenters. The van der Waals surface area contributed by atoms with Crippen molar-refractivity contribution >= 4 is 6.08 Å². The van der Waals surface area contributed by atoms with E-state index in [1.165, 1.54) is 24.8 Å². The summed E-state index contributed by atoms with van der Waals surface area (Å²) >= 11 is 0. The lowest BCUT2D eigenvalue weighted by Gasteiger charge is -2.32. The molecule has 2 heteroatoms. The first-order chi connectivity index (χ1) is 10.3. The summed E-state index contributed by atoms with van der Waals surface area (Å²) in [5.41, 5.74) is 1.19. The molecule has 0 N–H and O–H groups in total. The molecule has 1 aromatic rings. The summed E-state index contributed by atoms with van der Waals surface area (Å²) in [6.45, 7) is 2.82. The first-order valence-corrected chi connectivity index (χ1v) is 8.06. The minimum atomic E-state index is 0.0724. The molecule has 1 aliphatic carbocycles. The van der Waals surface area contributed by atoms with Gasteiger partial charge in [-0.25, -0.2) is 0 Å². The van der Waals surface area contributed by atoms with Crippen LogP contribution in [0.5, 0.6) is 0 Å². The fourth-order valence-corrected chi connectivity index (χ4v) is 3.14. The molecule has 3 unspecified atom stereocenters. The summed E-state index contributed by atoms with van der Waals surface area (Å²) in [7, 11) is 0. The Morgan fingerprint density at radius 3 is 2.81 bits per heavy atom. The fourth-order valence-electron chi connectivity index (χ4n) is 3.14. The Kier molecular flexibility index (Phi) is 6.50. The van der Waals surface area contributed by atoms with E-state index in [1.807, 2.05) is 24.3 Å². The lowest BCUT2D eigenvalue weighted by atomic mass is 9.78. The Hall–Kier alpha value is -1.59. The topological polar surface area (TPSA) is 33.0 Å². The van der Waals surface area contributed by atoms with Crippen molar-refractivity contribution in [2.24, 2.45) is 11.8 Å². The van der Waals surface area contributed by atoms with Crippen LogP contribution in [-0.4, -0.2) is 12.7 Å². The standard InChI is InChI=1S/C19H25NO/c1-2-7-17-11-12-18(15-20)19(14-17)21-13-6-10-16-8-4-3-5-9-16/h3-6,8-10,17-19H,2,7,11-14H2,1H3/b10-6+. The quantitative estimate of drug-likeness (QED) is 0.749. The van der Waals surface area contributed by atoms with Gasteiger partial charge in [-0.1, -0.05) is 62.2 Å². The highest BCUT2D eigenvalue weighted by atomic mass is 16.5. The zero-order chi connectivity index (χ0) is 14.9. The third-order valence-corrected chi connectivity index (χ3v) is 4.28. The van der Waals surface area contributed by atoms with Crippen LogP contribution in [-0.2, 0) is 4.74 Å². The van der Waals surface area contributed by atoms with Crippen LogP contribution in [0.2, 0.25) is 0 Å². The summed E-state index contributed by atoms with van der Waals surface area (Å²) in [5.74, 6) is 0.811. The highest BCUT2D eigenvalue weighted by Crippen LogP contribution is 2.33. The Balaban J connectivity index is 1.82. The summed E-state index contributed by atoms with van der Waals surface area (Å²) in [5, 5.41) is 9.26. The molecule has 0 spiro atoms. The van der Waals surface area contributed by atoms with Crippen LogP contribution in [0.25, 0.3) is 6.08 Å². The van der Waals surface area contributed by atoms with E-state index in [1.54, 1.807) is 0 Å². The number of benzene rings is 1. The first-order valence-electron chi connectivity index (χ1n) is 8.06. The molecule has 1 saturated carbocycles. The predicted molar refractivity (Wildman–Crippen MR) is 86.6 cm³/mol. The van der Waals surface area contributed by atoms with Crippen molar-refractivity contribution in [3.63, 3.8) is 0 Å². The molecular formula is C19H25NO. The fraction of sp³-hybridized carbons (Fsp3) is 0.526. The van der Waals surface area contributed by atoms with Crippen molar-refractivity contribution in [2.75, 3.05) is 6.61 Å². The van der Waals surface area contributed by atoms with Crippen molar-refractivity contribution in [2.45, 2.75) is 45.1 Å². The Morgan fingerprint density at radius 1 is 1.29 bits per heavy atom. The van der Waals surface area contributed by atoms with Gasteiger partial charge >= 0.3 is 0 Å². The molecule has 1 aliphatic rings. The van der Waals surface area contributed by atoms with E-state index >= 15 is 0 Å². The zero-order valence-electron chi connectivity index (χ0n) is 12.9. The van der Waals surface area contributed by atoms with Gasteiger partial charge in [-0.05, 0) is 30.7 Å². The Bertz CT molecular complexity index is 474. The molecule has 0 bridgehead atoms. The third kappa shape index (κ3) is 5.02. The summed E-state index contributed by atoms with van der Waals surface area (Å²) in [4.78, 5) is 0. The van der Waals surface area contributed by atoms with E-state index in [-0.39, 0.29) is 12.0 Å². The maximum absolute atomic E-state index is 9.26. The molecule has 0 aliphatic heterocycles. The molecule has 0 heterocycles. The Morgan fingerprint density at radius 2 is 2.10 bits per heavy atom. The van der Waals surface area contributed by atoms with Crippen LogP contribution in [0.4, 0.5) is 0 Å². The third-order valence-electron chi connectivity index (χ3n) is 4.28. The van der Waals surface area contributed by atoms with Crippen molar-refractivity contribution in [3.05, 3.63) is 42.0 Å². The molecule has 112 valence electrons. The molecule has 0 amide bonds. The van der Waals surface area contributed by atoms with Gasteiger partial charge in [-0.15, -0.1) is 0 Å². The van der Waals surface area contributed by atoms with Gasteiger partial charge in [0.25, 0.3) is 0 Å². The molecular weight excluding hydrogens is 258 g/mol. The maximum atomic E-state index is 9.26. The summed E-state index contributed by atoms with van der Waals surface area (Å²) in [6, 6.07) is 12.7. The molecule has 1 aromatic carbocycles. The lowest BCUT2D eigenvalue weighted by molar-refractivity contribution is 0.00362. The maximum Gasteiger partial charge on any atom is 0.0740 e. The van der Waals surface area contributed by atoms with Gasteiger partial charge < -0.3 is 4.74 Å². The number of hydrogen-bond acceptors (Lipinski definition) is 2. The highest BCUT2D eigenvalue weighted by molar-refractivity contribution is 5.48. The monoisotopic (exact) mass is 283 g/mol. The van der Waals surface area contributed by atoms with Gasteiger partial charge in [0.2, 0.25) is 0 Å². The van der Waals surface area contributed by atoms with E-state index in [0.717, 1.165) is 18.8 Å². The second-order valence-electron chi connectivity index (χ2n) is 5.89. The molecule has 21 heavy (non-hydrogen) atoms. The molecule has 2 nitrogen and oxygen atoms in total. The summed E-state index contributed by atoms with van der Waals surface area (Å²) in [6.07, 6.45) is 9.95. The zero-order valence-corrected chi connectivity index (χ0v) is 12.9. The molecule has 0 aromatic heterocycles. The van der Waals surface area contributed by atoms with E-state index in [9.17, 15) is 5.26 Å². The van der Waals surface area contributed by atoms with Crippen molar-refractivity contribution in [3.8, 4) is 6.07 Å². The highest BCUT2D eigenvalue weighted by Gasteiger charge is 2.30. The van der Waals surface area contributed by atoms with Crippen molar-refractivity contribution in [1.29, 1.82) is 5.26 Å². The first kappa shape index (κ1) is 15.8. The van der Waals surface area contributed by atoms with Crippen LogP contribution in [0, 0.1) is 23.2 Å². The smallest absolute Gasteiger partial charge is 0.0740 e. The number of nitriles is 1. The molecule has 0 saturated heterocycles. The average Bonchev–Trinajstić information content (AvgIpc) is 2.53. The molecule has 0 radical (unpaired) electrons. The number of rotatable bonds is 6. The Labute approximate surface area is 128 Å². The van der Waals surface area contributed by atoms with Crippen LogP contribution >= 0.6 is 0 Å². The predicted octanol–water partition coefficient (Wildman–Crippen LogP) is 4.82. The largest absolute Gasteiger partial charge is 0.373 e. The second-order valence-corrected chi connectivity index (χ2v) is 5.89. The van der Waals surface area contributed by atoms with Crippen LogP contribution in [0.15, 0.2) is 36.4 Å². The van der Waals surface area contributed by atoms with E-state index in [4.69, 9.17) is 4.74 Å². The SMILES string of the molecule is CCCC1CCC(C#N)C(OC/C=C/c2ccccc2)C1. The number of nitrogens with zero attached hydrogens (tertiary/aromatic N) is 1. The van der Waals surface area contributed by atoms with E-state index in [2.05, 4.69) is 31.2 Å². The van der Waals surface area contributed by atoms with Crippen molar-refractivity contribution < 1.29 is 4.74 Å². The molecule has 2 rings (SSSR count). The van der Waals surface area contributed by atoms with Gasteiger partial charge in [-0.2, -0.15) is 5.26 Å². The van der Waals surface area contributed by atoms with Gasteiger partial charge in [0.05, 0.1) is 24.7 Å². The van der Waals surface area contributed by atoms with Gasteiger partial charge in [-0.3, -0.25) is 0 Å². The minimum absolute atomic E-state index is 0.0724. The van der Waals surface area contributed by atoms with Crippen LogP contribution in [0.1, 0.15) is 44.6 Å². The van der Waals surface area contributed by atoms with E-state index < -0.39 is 0 Å². The van der Waals surface area contributed by atoms with Gasteiger partial charge in [0.15, 0.2) is 0 Å². The van der Waals surface area contributed by atoms with Crippen molar-refractivity contribution in [1.82, 2.24) is 0 Å². The molecule has 1 fully saturated rings. The van der Waals surface area contributed by atoms with Gasteiger partial charge in [0.1, 0.15) is 0 Å².